The molecule has 2 aromatic carbocycles. The van der Waals surface area contributed by atoms with Crippen molar-refractivity contribution in [3.63, 3.8) is 0 Å². The number of aromatic amines is 1. The fourth-order valence-electron chi connectivity index (χ4n) is 4.66. The van der Waals surface area contributed by atoms with Gasteiger partial charge in [-0.1, -0.05) is 12.1 Å². The van der Waals surface area contributed by atoms with Crippen molar-refractivity contribution >= 4 is 31.8 Å². The monoisotopic (exact) mass is 488 g/mol. The first-order valence-corrected chi connectivity index (χ1v) is 13.4. The van der Waals surface area contributed by atoms with E-state index in [1.54, 1.807) is 18.6 Å². The summed E-state index contributed by atoms with van der Waals surface area (Å²) in [4.78, 5) is 8.87. The topological polar surface area (TPSA) is 116 Å². The predicted molar refractivity (Wildman–Crippen MR) is 133 cm³/mol. The molecule has 0 amide bonds. The number of aromatic nitrogens is 6. The molecule has 1 saturated carbocycles. The van der Waals surface area contributed by atoms with Gasteiger partial charge in [0.25, 0.3) is 0 Å². The van der Waals surface area contributed by atoms with Crippen LogP contribution in [0.5, 0.6) is 5.75 Å². The lowest BCUT2D eigenvalue weighted by Gasteiger charge is -2.33. The third kappa shape index (κ3) is 3.93. The van der Waals surface area contributed by atoms with Gasteiger partial charge in [-0.25, -0.2) is 8.42 Å². The highest BCUT2D eigenvalue weighted by molar-refractivity contribution is 7.91. The molecular weight excluding hydrogens is 464 g/mol. The van der Waals surface area contributed by atoms with Gasteiger partial charge in [-0.15, -0.1) is 0 Å². The summed E-state index contributed by atoms with van der Waals surface area (Å²) in [7, 11) is -3.00. The lowest BCUT2D eigenvalue weighted by atomic mass is 9.92. The summed E-state index contributed by atoms with van der Waals surface area (Å²) in [5, 5.41) is 12.7. The maximum atomic E-state index is 11.7. The first-order chi connectivity index (χ1) is 16.9. The van der Waals surface area contributed by atoms with Crippen LogP contribution in [0.2, 0.25) is 0 Å². The minimum atomic E-state index is -3.00. The standard InChI is InChI=1S/C25H24N6O3S/c1-15(20-4-3-5-23-25(20)27-9-8-26-23)34-18-6-7-22-21(12-18)24(30-29-22)16-13-28-31(14-16)17-10-19(11-17)35(2,32)33/h3-9,12-15,17,19H,10-11H2,1-2H3,(H,29,30). The number of hydrogen-bond acceptors (Lipinski definition) is 7. The highest BCUT2D eigenvalue weighted by Gasteiger charge is 2.37. The molecule has 5 aromatic rings. The van der Waals surface area contributed by atoms with E-state index in [2.05, 4.69) is 25.3 Å². The minimum Gasteiger partial charge on any atom is -0.486 e. The van der Waals surface area contributed by atoms with Crippen LogP contribution in [0.1, 0.15) is 37.5 Å². The van der Waals surface area contributed by atoms with Gasteiger partial charge in [0.1, 0.15) is 27.4 Å². The van der Waals surface area contributed by atoms with Crippen molar-refractivity contribution in [2.45, 2.75) is 37.2 Å². The lowest BCUT2D eigenvalue weighted by Crippen LogP contribution is -2.36. The van der Waals surface area contributed by atoms with Crippen molar-refractivity contribution in [1.29, 1.82) is 0 Å². The molecule has 178 valence electrons. The Morgan fingerprint density at radius 3 is 2.80 bits per heavy atom. The van der Waals surface area contributed by atoms with E-state index in [-0.39, 0.29) is 17.4 Å². The summed E-state index contributed by atoms with van der Waals surface area (Å²) in [6.45, 7) is 2.00. The Labute approximate surface area is 202 Å². The zero-order valence-electron chi connectivity index (χ0n) is 19.3. The Kier molecular flexibility index (Phi) is 5.06. The van der Waals surface area contributed by atoms with Gasteiger partial charge in [-0.05, 0) is 44.0 Å². The molecule has 10 heteroatoms. The minimum absolute atomic E-state index is 0.0946. The number of benzene rings is 2. The van der Waals surface area contributed by atoms with Crippen molar-refractivity contribution in [3.8, 4) is 17.0 Å². The third-order valence-corrected chi connectivity index (χ3v) is 8.34. The molecule has 1 atom stereocenters. The summed E-state index contributed by atoms with van der Waals surface area (Å²) >= 11 is 0. The Hall–Kier alpha value is -3.79. The van der Waals surface area contributed by atoms with Crippen LogP contribution in [0.4, 0.5) is 0 Å². The summed E-state index contributed by atoms with van der Waals surface area (Å²) in [6.07, 6.45) is 9.33. The molecule has 3 aromatic heterocycles. The van der Waals surface area contributed by atoms with Gasteiger partial charge in [-0.3, -0.25) is 19.7 Å². The number of sulfone groups is 1. The molecule has 0 radical (unpaired) electrons. The maximum Gasteiger partial charge on any atom is 0.150 e. The van der Waals surface area contributed by atoms with Crippen molar-refractivity contribution in [3.05, 3.63) is 66.7 Å². The maximum absolute atomic E-state index is 11.7. The summed E-state index contributed by atoms with van der Waals surface area (Å²) in [5.74, 6) is 0.718. The second-order valence-electron chi connectivity index (χ2n) is 9.10. The summed E-state index contributed by atoms with van der Waals surface area (Å²) in [6, 6.07) is 11.8. The van der Waals surface area contributed by atoms with Gasteiger partial charge in [0.05, 0.1) is 34.0 Å². The van der Waals surface area contributed by atoms with Gasteiger partial charge >= 0.3 is 0 Å². The fraction of sp³-hybridized carbons (Fsp3) is 0.280. The average molecular weight is 489 g/mol. The Balaban J connectivity index is 1.26. The predicted octanol–water partition coefficient (Wildman–Crippen LogP) is 4.26. The van der Waals surface area contributed by atoms with Crippen LogP contribution in [-0.4, -0.2) is 49.9 Å². The molecule has 9 nitrogen and oxygen atoms in total. The first kappa shape index (κ1) is 21.7. The van der Waals surface area contributed by atoms with E-state index in [1.807, 2.05) is 54.2 Å². The van der Waals surface area contributed by atoms with Gasteiger partial charge in [0.15, 0.2) is 0 Å². The van der Waals surface area contributed by atoms with Crippen LogP contribution in [-0.2, 0) is 9.84 Å². The van der Waals surface area contributed by atoms with Gasteiger partial charge in [-0.2, -0.15) is 10.2 Å². The molecule has 0 bridgehead atoms. The molecule has 3 heterocycles. The van der Waals surface area contributed by atoms with Crippen LogP contribution in [0.15, 0.2) is 61.2 Å². The third-order valence-electron chi connectivity index (χ3n) is 6.74. The number of H-pyrrole nitrogens is 1. The SMILES string of the molecule is CC(Oc1ccc2[nH]nc(-c3cnn(C4CC(S(C)(=O)=O)C4)c3)c2c1)c1cccc2nccnc12. The number of nitrogens with zero attached hydrogens (tertiary/aromatic N) is 5. The molecule has 1 N–H and O–H groups in total. The molecule has 0 spiro atoms. The van der Waals surface area contributed by atoms with Gasteiger partial charge in [0.2, 0.25) is 0 Å². The number of fused-ring (bicyclic) bond motifs is 2. The van der Waals surface area contributed by atoms with Crippen molar-refractivity contribution < 1.29 is 13.2 Å². The Morgan fingerprint density at radius 2 is 1.97 bits per heavy atom. The zero-order valence-corrected chi connectivity index (χ0v) is 20.1. The average Bonchev–Trinajstić information content (AvgIpc) is 3.43. The van der Waals surface area contributed by atoms with Gasteiger partial charge in [0, 0.05) is 41.4 Å². The van der Waals surface area contributed by atoms with Crippen molar-refractivity contribution in [2.24, 2.45) is 0 Å². The molecular formula is C25H24N6O3S. The van der Waals surface area contributed by atoms with Gasteiger partial charge < -0.3 is 4.74 Å². The summed E-state index contributed by atoms with van der Waals surface area (Å²) in [5.41, 5.74) is 5.17. The smallest absolute Gasteiger partial charge is 0.150 e. The van der Waals surface area contributed by atoms with Crippen LogP contribution in [0.3, 0.4) is 0 Å². The molecule has 0 aliphatic heterocycles. The lowest BCUT2D eigenvalue weighted by molar-refractivity contribution is 0.228. The van der Waals surface area contributed by atoms with E-state index in [4.69, 9.17) is 4.74 Å². The Morgan fingerprint density at radius 1 is 1.14 bits per heavy atom. The molecule has 1 aliphatic carbocycles. The van der Waals surface area contributed by atoms with E-state index in [9.17, 15) is 8.42 Å². The number of ether oxygens (including phenoxy) is 1. The number of nitrogens with one attached hydrogen (secondary N) is 1. The van der Waals surface area contributed by atoms with E-state index < -0.39 is 9.84 Å². The van der Waals surface area contributed by atoms with E-state index in [1.165, 1.54) is 6.26 Å². The molecule has 1 fully saturated rings. The van der Waals surface area contributed by atoms with Crippen LogP contribution in [0, 0.1) is 0 Å². The van der Waals surface area contributed by atoms with E-state index in [0.717, 1.165) is 44.5 Å². The van der Waals surface area contributed by atoms with Crippen molar-refractivity contribution in [1.82, 2.24) is 29.9 Å². The number of para-hydroxylation sites is 1. The molecule has 6 rings (SSSR count). The fourth-order valence-corrected chi connectivity index (χ4v) is 5.80. The van der Waals surface area contributed by atoms with Crippen LogP contribution < -0.4 is 4.74 Å². The largest absolute Gasteiger partial charge is 0.486 e. The second kappa shape index (κ2) is 8.16. The number of hydrogen-bond donors (Lipinski definition) is 1. The molecule has 1 aliphatic rings. The highest BCUT2D eigenvalue weighted by atomic mass is 32.2. The zero-order chi connectivity index (χ0) is 24.2. The summed E-state index contributed by atoms with van der Waals surface area (Å²) < 4.78 is 31.6. The Bertz CT molecular complexity index is 1650. The van der Waals surface area contributed by atoms with Crippen LogP contribution >= 0.6 is 0 Å². The first-order valence-electron chi connectivity index (χ1n) is 11.4. The second-order valence-corrected chi connectivity index (χ2v) is 11.4. The molecule has 1 unspecified atom stereocenters. The normalized spacial score (nSPS) is 19.0. The molecule has 0 saturated heterocycles. The van der Waals surface area contributed by atoms with Crippen molar-refractivity contribution in [2.75, 3.05) is 6.26 Å². The van der Waals surface area contributed by atoms with E-state index >= 15 is 0 Å². The highest BCUT2D eigenvalue weighted by Crippen LogP contribution is 2.38. The van der Waals surface area contributed by atoms with E-state index in [0.29, 0.717) is 12.8 Å². The number of rotatable bonds is 6. The quantitative estimate of drug-likeness (QED) is 0.380. The molecule has 35 heavy (non-hydrogen) atoms. The van der Waals surface area contributed by atoms with Crippen LogP contribution in [0.25, 0.3) is 33.2 Å².